The maximum atomic E-state index is 8.84. The SMILES string of the molecule is N#CC1(CNc2ncc(Br)cn2)CC1. The van der Waals surface area contributed by atoms with Crippen molar-refractivity contribution in [1.29, 1.82) is 5.26 Å². The number of nitriles is 1. The molecular weight excluding hydrogens is 244 g/mol. The van der Waals surface area contributed by atoms with E-state index in [9.17, 15) is 0 Å². The van der Waals surface area contributed by atoms with E-state index in [-0.39, 0.29) is 5.41 Å². The molecule has 0 bridgehead atoms. The lowest BCUT2D eigenvalue weighted by atomic mass is 10.1. The molecular formula is C9H9BrN4. The third-order valence-corrected chi connectivity index (χ3v) is 2.71. The van der Waals surface area contributed by atoms with Gasteiger partial charge in [0, 0.05) is 18.9 Å². The quantitative estimate of drug-likeness (QED) is 0.894. The minimum absolute atomic E-state index is 0.156. The zero-order valence-electron chi connectivity index (χ0n) is 7.50. The van der Waals surface area contributed by atoms with Gasteiger partial charge in [-0.1, -0.05) is 0 Å². The molecule has 0 radical (unpaired) electrons. The summed E-state index contributed by atoms with van der Waals surface area (Å²) in [5, 5.41) is 11.9. The van der Waals surface area contributed by atoms with Gasteiger partial charge < -0.3 is 5.32 Å². The van der Waals surface area contributed by atoms with E-state index in [1.807, 2.05) is 0 Å². The van der Waals surface area contributed by atoms with Gasteiger partial charge in [0.25, 0.3) is 0 Å². The zero-order valence-corrected chi connectivity index (χ0v) is 9.08. The summed E-state index contributed by atoms with van der Waals surface area (Å²) in [7, 11) is 0. The van der Waals surface area contributed by atoms with Gasteiger partial charge in [0.1, 0.15) is 0 Å². The Morgan fingerprint density at radius 3 is 2.64 bits per heavy atom. The van der Waals surface area contributed by atoms with Crippen molar-refractivity contribution in [2.75, 3.05) is 11.9 Å². The van der Waals surface area contributed by atoms with Crippen LogP contribution in [0.1, 0.15) is 12.8 Å². The summed E-state index contributed by atoms with van der Waals surface area (Å²) in [5.74, 6) is 0.578. The highest BCUT2D eigenvalue weighted by Crippen LogP contribution is 2.44. The highest BCUT2D eigenvalue weighted by molar-refractivity contribution is 9.10. The van der Waals surface area contributed by atoms with Gasteiger partial charge in [-0.3, -0.25) is 0 Å². The average molecular weight is 253 g/mol. The molecule has 1 saturated carbocycles. The van der Waals surface area contributed by atoms with Crippen molar-refractivity contribution in [1.82, 2.24) is 9.97 Å². The van der Waals surface area contributed by atoms with Gasteiger partial charge in [-0.2, -0.15) is 5.26 Å². The summed E-state index contributed by atoms with van der Waals surface area (Å²) in [4.78, 5) is 8.13. The fourth-order valence-corrected chi connectivity index (χ4v) is 1.34. The second-order valence-corrected chi connectivity index (χ2v) is 4.39. The van der Waals surface area contributed by atoms with Crippen LogP contribution in [0.15, 0.2) is 16.9 Å². The summed E-state index contributed by atoms with van der Waals surface area (Å²) >= 11 is 3.26. The maximum Gasteiger partial charge on any atom is 0.222 e. The van der Waals surface area contributed by atoms with E-state index in [0.29, 0.717) is 12.5 Å². The molecule has 0 spiro atoms. The van der Waals surface area contributed by atoms with Crippen LogP contribution in [-0.2, 0) is 0 Å². The lowest BCUT2D eigenvalue weighted by Crippen LogP contribution is -2.14. The first kappa shape index (κ1) is 9.41. The number of aromatic nitrogens is 2. The number of anilines is 1. The maximum absolute atomic E-state index is 8.84. The molecule has 1 aliphatic rings. The van der Waals surface area contributed by atoms with Crippen LogP contribution in [0.25, 0.3) is 0 Å². The van der Waals surface area contributed by atoms with Crippen LogP contribution < -0.4 is 5.32 Å². The lowest BCUT2D eigenvalue weighted by Gasteiger charge is -2.06. The molecule has 0 aromatic carbocycles. The first-order chi connectivity index (χ1) is 6.74. The van der Waals surface area contributed by atoms with Crippen molar-refractivity contribution in [3.8, 4) is 6.07 Å². The van der Waals surface area contributed by atoms with Crippen molar-refractivity contribution in [2.24, 2.45) is 5.41 Å². The monoisotopic (exact) mass is 252 g/mol. The smallest absolute Gasteiger partial charge is 0.222 e. The van der Waals surface area contributed by atoms with Crippen LogP contribution in [0.5, 0.6) is 0 Å². The minimum atomic E-state index is -0.156. The molecule has 0 unspecified atom stereocenters. The zero-order chi connectivity index (χ0) is 10.0. The van der Waals surface area contributed by atoms with Gasteiger partial charge in [0.2, 0.25) is 5.95 Å². The van der Waals surface area contributed by atoms with Crippen molar-refractivity contribution in [3.05, 3.63) is 16.9 Å². The highest BCUT2D eigenvalue weighted by Gasteiger charge is 2.42. The summed E-state index contributed by atoms with van der Waals surface area (Å²) in [6, 6.07) is 2.31. The second kappa shape index (κ2) is 3.54. The van der Waals surface area contributed by atoms with Crippen LogP contribution >= 0.6 is 15.9 Å². The molecule has 1 heterocycles. The molecule has 1 aromatic rings. The van der Waals surface area contributed by atoms with Gasteiger partial charge in [0.15, 0.2) is 0 Å². The van der Waals surface area contributed by atoms with Crippen LogP contribution in [0.2, 0.25) is 0 Å². The Balaban J connectivity index is 1.93. The van der Waals surface area contributed by atoms with Gasteiger partial charge in [-0.05, 0) is 28.8 Å². The molecule has 2 rings (SSSR count). The van der Waals surface area contributed by atoms with E-state index in [2.05, 4.69) is 37.3 Å². The third-order valence-electron chi connectivity index (χ3n) is 2.30. The van der Waals surface area contributed by atoms with Gasteiger partial charge in [-0.25, -0.2) is 9.97 Å². The summed E-state index contributed by atoms with van der Waals surface area (Å²) in [6.45, 7) is 0.644. The highest BCUT2D eigenvalue weighted by atomic mass is 79.9. The molecule has 1 aliphatic carbocycles. The van der Waals surface area contributed by atoms with Crippen LogP contribution in [0, 0.1) is 16.7 Å². The molecule has 0 atom stereocenters. The number of halogens is 1. The lowest BCUT2D eigenvalue weighted by molar-refractivity contribution is 0.706. The van der Waals surface area contributed by atoms with Gasteiger partial charge >= 0.3 is 0 Å². The molecule has 0 aliphatic heterocycles. The summed E-state index contributed by atoms with van der Waals surface area (Å²) in [6.07, 6.45) is 5.32. The molecule has 0 saturated heterocycles. The van der Waals surface area contributed by atoms with Crippen LogP contribution in [0.3, 0.4) is 0 Å². The Bertz CT molecular complexity index is 363. The van der Waals surface area contributed by atoms with E-state index in [1.54, 1.807) is 12.4 Å². The second-order valence-electron chi connectivity index (χ2n) is 3.47. The first-order valence-corrected chi connectivity index (χ1v) is 5.16. The molecule has 5 heteroatoms. The van der Waals surface area contributed by atoms with Crippen molar-refractivity contribution in [3.63, 3.8) is 0 Å². The molecule has 0 amide bonds. The largest absolute Gasteiger partial charge is 0.353 e. The number of nitrogens with one attached hydrogen (secondary N) is 1. The average Bonchev–Trinajstić information content (AvgIpc) is 2.98. The van der Waals surface area contributed by atoms with Crippen molar-refractivity contribution >= 4 is 21.9 Å². The molecule has 1 aromatic heterocycles. The number of hydrogen-bond donors (Lipinski definition) is 1. The van der Waals surface area contributed by atoms with Crippen molar-refractivity contribution < 1.29 is 0 Å². The van der Waals surface area contributed by atoms with E-state index in [1.165, 1.54) is 0 Å². The molecule has 1 fully saturated rings. The Morgan fingerprint density at radius 2 is 2.14 bits per heavy atom. The number of nitrogens with zero attached hydrogens (tertiary/aromatic N) is 3. The van der Waals surface area contributed by atoms with E-state index < -0.39 is 0 Å². The standard InChI is InChI=1S/C9H9BrN4/c10-7-3-12-8(13-4-7)14-6-9(5-11)1-2-9/h3-4H,1-2,6H2,(H,12,13,14). The number of rotatable bonds is 3. The topological polar surface area (TPSA) is 61.6 Å². The van der Waals surface area contributed by atoms with Crippen LogP contribution in [0.4, 0.5) is 5.95 Å². The van der Waals surface area contributed by atoms with Gasteiger partial charge in [-0.15, -0.1) is 0 Å². The van der Waals surface area contributed by atoms with E-state index >= 15 is 0 Å². The third kappa shape index (κ3) is 2.02. The van der Waals surface area contributed by atoms with E-state index in [4.69, 9.17) is 5.26 Å². The fraction of sp³-hybridized carbons (Fsp3) is 0.444. The van der Waals surface area contributed by atoms with Crippen molar-refractivity contribution in [2.45, 2.75) is 12.8 Å². The Kier molecular flexibility index (Phi) is 2.38. The Morgan fingerprint density at radius 1 is 1.50 bits per heavy atom. The normalized spacial score (nSPS) is 17.1. The van der Waals surface area contributed by atoms with E-state index in [0.717, 1.165) is 17.3 Å². The van der Waals surface area contributed by atoms with Gasteiger partial charge in [0.05, 0.1) is 16.0 Å². The number of hydrogen-bond acceptors (Lipinski definition) is 4. The predicted octanol–water partition coefficient (Wildman–Crippen LogP) is 1.95. The molecule has 4 nitrogen and oxygen atoms in total. The summed E-state index contributed by atoms with van der Waals surface area (Å²) < 4.78 is 0.851. The minimum Gasteiger partial charge on any atom is -0.353 e. The summed E-state index contributed by atoms with van der Waals surface area (Å²) in [5.41, 5.74) is -0.156. The molecule has 72 valence electrons. The molecule has 1 N–H and O–H groups in total. The molecule has 14 heavy (non-hydrogen) atoms. The predicted molar refractivity (Wildman–Crippen MR) is 55.5 cm³/mol. The first-order valence-electron chi connectivity index (χ1n) is 4.37. The Hall–Kier alpha value is -1.15. The Labute approximate surface area is 90.5 Å². The fourth-order valence-electron chi connectivity index (χ4n) is 1.13. The van der Waals surface area contributed by atoms with Crippen LogP contribution in [-0.4, -0.2) is 16.5 Å².